The van der Waals surface area contributed by atoms with Gasteiger partial charge in [-0.25, -0.2) is 0 Å². The van der Waals surface area contributed by atoms with Crippen LogP contribution in [0.4, 0.5) is 5.69 Å². The number of aryl methyl sites for hydroxylation is 2. The maximum Gasteiger partial charge on any atom is 0.234 e. The maximum atomic E-state index is 12.6. The van der Waals surface area contributed by atoms with Crippen LogP contribution in [0.25, 0.3) is 17.1 Å². The largest absolute Gasteiger partial charge is 0.325 e. The zero-order valence-electron chi connectivity index (χ0n) is 17.2. The highest BCUT2D eigenvalue weighted by Gasteiger charge is 2.17. The molecule has 0 atom stereocenters. The van der Waals surface area contributed by atoms with E-state index in [4.69, 9.17) is 11.6 Å². The van der Waals surface area contributed by atoms with E-state index >= 15 is 0 Å². The van der Waals surface area contributed by atoms with Crippen molar-refractivity contribution in [3.63, 3.8) is 0 Å². The van der Waals surface area contributed by atoms with E-state index < -0.39 is 0 Å². The Morgan fingerprint density at radius 2 is 1.74 bits per heavy atom. The van der Waals surface area contributed by atoms with Crippen LogP contribution in [0.5, 0.6) is 0 Å². The fourth-order valence-corrected chi connectivity index (χ4v) is 4.13. The van der Waals surface area contributed by atoms with Gasteiger partial charge in [-0.2, -0.15) is 0 Å². The Kier molecular flexibility index (Phi) is 6.39. The first-order chi connectivity index (χ1) is 15.0. The summed E-state index contributed by atoms with van der Waals surface area (Å²) in [5.41, 5.74) is 4.75. The molecule has 0 spiro atoms. The Hall–Kier alpha value is -3.09. The van der Waals surface area contributed by atoms with Gasteiger partial charge in [-0.15, -0.1) is 10.2 Å². The SMILES string of the molecule is Cc1ccc(-n2c(SCC(=O)Nc3ccc(Cl)cc3C)nnc2-c2ccccc2)cc1. The van der Waals surface area contributed by atoms with E-state index in [9.17, 15) is 4.79 Å². The lowest BCUT2D eigenvalue weighted by molar-refractivity contribution is -0.113. The summed E-state index contributed by atoms with van der Waals surface area (Å²) in [6, 6.07) is 23.5. The minimum atomic E-state index is -0.116. The van der Waals surface area contributed by atoms with Crippen LogP contribution in [0.15, 0.2) is 78.0 Å². The van der Waals surface area contributed by atoms with Crippen LogP contribution in [0.1, 0.15) is 11.1 Å². The summed E-state index contributed by atoms with van der Waals surface area (Å²) in [5, 5.41) is 13.0. The highest BCUT2D eigenvalue weighted by Crippen LogP contribution is 2.28. The highest BCUT2D eigenvalue weighted by molar-refractivity contribution is 7.99. The van der Waals surface area contributed by atoms with Gasteiger partial charge in [-0.1, -0.05) is 71.4 Å². The van der Waals surface area contributed by atoms with E-state index in [2.05, 4.69) is 27.6 Å². The van der Waals surface area contributed by atoms with Gasteiger partial charge in [-0.3, -0.25) is 9.36 Å². The number of halogens is 1. The van der Waals surface area contributed by atoms with E-state index in [1.807, 2.05) is 73.0 Å². The van der Waals surface area contributed by atoms with E-state index in [0.717, 1.165) is 28.3 Å². The molecule has 0 fully saturated rings. The fraction of sp³-hybridized carbons (Fsp3) is 0.125. The third-order valence-electron chi connectivity index (χ3n) is 4.75. The van der Waals surface area contributed by atoms with Gasteiger partial charge < -0.3 is 5.32 Å². The van der Waals surface area contributed by atoms with Gasteiger partial charge in [0.05, 0.1) is 5.75 Å². The lowest BCUT2D eigenvalue weighted by atomic mass is 10.2. The Labute approximate surface area is 190 Å². The van der Waals surface area contributed by atoms with Crippen LogP contribution in [-0.2, 0) is 4.79 Å². The number of nitrogens with zero attached hydrogens (tertiary/aromatic N) is 3. The molecule has 31 heavy (non-hydrogen) atoms. The Bertz CT molecular complexity index is 1210. The van der Waals surface area contributed by atoms with Gasteiger partial charge >= 0.3 is 0 Å². The number of aromatic nitrogens is 3. The van der Waals surface area contributed by atoms with Crippen LogP contribution >= 0.6 is 23.4 Å². The zero-order valence-corrected chi connectivity index (χ0v) is 18.7. The first kappa shape index (κ1) is 21.2. The average Bonchev–Trinajstić information content (AvgIpc) is 3.19. The molecule has 1 aromatic heterocycles. The number of carbonyl (C=O) groups is 1. The minimum absolute atomic E-state index is 0.116. The molecule has 0 aliphatic carbocycles. The van der Waals surface area contributed by atoms with Gasteiger partial charge in [0.15, 0.2) is 11.0 Å². The molecule has 156 valence electrons. The number of anilines is 1. The van der Waals surface area contributed by atoms with Crippen LogP contribution in [0.3, 0.4) is 0 Å². The smallest absolute Gasteiger partial charge is 0.234 e. The highest BCUT2D eigenvalue weighted by atomic mass is 35.5. The quantitative estimate of drug-likeness (QED) is 0.371. The molecule has 1 amide bonds. The molecule has 1 N–H and O–H groups in total. The van der Waals surface area contributed by atoms with Gasteiger partial charge in [-0.05, 0) is 49.7 Å². The number of carbonyl (C=O) groups excluding carboxylic acids is 1. The lowest BCUT2D eigenvalue weighted by Crippen LogP contribution is -2.15. The number of benzene rings is 3. The zero-order chi connectivity index (χ0) is 21.8. The first-order valence-corrected chi connectivity index (χ1v) is 11.1. The standard InChI is InChI=1S/C24H21ClN4OS/c1-16-8-11-20(12-9-16)29-23(18-6-4-3-5-7-18)27-28-24(29)31-15-22(30)26-21-13-10-19(25)14-17(21)2/h3-14H,15H2,1-2H3,(H,26,30). The second kappa shape index (κ2) is 9.37. The number of hydrogen-bond acceptors (Lipinski definition) is 4. The topological polar surface area (TPSA) is 59.8 Å². The third kappa shape index (κ3) is 4.98. The number of rotatable bonds is 6. The van der Waals surface area contributed by atoms with E-state index in [1.165, 1.54) is 17.3 Å². The van der Waals surface area contributed by atoms with Crippen LogP contribution in [-0.4, -0.2) is 26.4 Å². The summed E-state index contributed by atoms with van der Waals surface area (Å²) < 4.78 is 1.99. The molecule has 0 bridgehead atoms. The predicted octanol–water partition coefficient (Wildman–Crippen LogP) is 5.94. The van der Waals surface area contributed by atoms with Crippen molar-refractivity contribution in [3.05, 3.63) is 88.9 Å². The summed E-state index contributed by atoms with van der Waals surface area (Å²) in [6.45, 7) is 3.96. The molecule has 4 aromatic rings. The molecular weight excluding hydrogens is 428 g/mol. The molecule has 3 aromatic carbocycles. The molecule has 4 rings (SSSR count). The molecule has 0 saturated carbocycles. The average molecular weight is 449 g/mol. The third-order valence-corrected chi connectivity index (χ3v) is 5.92. The Morgan fingerprint density at radius 1 is 1.00 bits per heavy atom. The summed E-state index contributed by atoms with van der Waals surface area (Å²) in [5.74, 6) is 0.831. The van der Waals surface area contributed by atoms with Crippen LogP contribution < -0.4 is 5.32 Å². The molecule has 0 saturated heterocycles. The van der Waals surface area contributed by atoms with Gasteiger partial charge in [0, 0.05) is 22.0 Å². The summed E-state index contributed by atoms with van der Waals surface area (Å²) in [7, 11) is 0. The minimum Gasteiger partial charge on any atom is -0.325 e. The van der Waals surface area contributed by atoms with Gasteiger partial charge in [0.25, 0.3) is 0 Å². The van der Waals surface area contributed by atoms with Crippen molar-refractivity contribution in [3.8, 4) is 17.1 Å². The van der Waals surface area contributed by atoms with Crippen molar-refractivity contribution in [2.75, 3.05) is 11.1 Å². The fourth-order valence-electron chi connectivity index (χ4n) is 3.15. The normalized spacial score (nSPS) is 10.8. The first-order valence-electron chi connectivity index (χ1n) is 9.78. The number of thioether (sulfide) groups is 1. The summed E-state index contributed by atoms with van der Waals surface area (Å²) >= 11 is 7.35. The van der Waals surface area contributed by atoms with Crippen molar-refractivity contribution >= 4 is 35.0 Å². The van der Waals surface area contributed by atoms with E-state index in [0.29, 0.717) is 10.2 Å². The number of amides is 1. The molecule has 1 heterocycles. The molecule has 0 aliphatic rings. The lowest BCUT2D eigenvalue weighted by Gasteiger charge is -2.11. The molecular formula is C24H21ClN4OS. The molecule has 0 unspecified atom stereocenters. The molecule has 0 aliphatic heterocycles. The van der Waals surface area contributed by atoms with Gasteiger partial charge in [0.2, 0.25) is 5.91 Å². The maximum absolute atomic E-state index is 12.6. The Morgan fingerprint density at radius 3 is 2.45 bits per heavy atom. The van der Waals surface area contributed by atoms with Crippen molar-refractivity contribution in [2.45, 2.75) is 19.0 Å². The van der Waals surface area contributed by atoms with Gasteiger partial charge in [0.1, 0.15) is 0 Å². The van der Waals surface area contributed by atoms with Crippen molar-refractivity contribution in [1.29, 1.82) is 0 Å². The van der Waals surface area contributed by atoms with Crippen LogP contribution in [0, 0.1) is 13.8 Å². The monoisotopic (exact) mass is 448 g/mol. The predicted molar refractivity (Wildman–Crippen MR) is 127 cm³/mol. The van der Waals surface area contributed by atoms with Crippen molar-refractivity contribution in [2.24, 2.45) is 0 Å². The van der Waals surface area contributed by atoms with E-state index in [-0.39, 0.29) is 11.7 Å². The van der Waals surface area contributed by atoms with Crippen LogP contribution in [0.2, 0.25) is 5.02 Å². The molecule has 0 radical (unpaired) electrons. The molecule has 5 nitrogen and oxygen atoms in total. The van der Waals surface area contributed by atoms with Crippen molar-refractivity contribution in [1.82, 2.24) is 14.8 Å². The second-order valence-corrected chi connectivity index (χ2v) is 8.52. The Balaban J connectivity index is 1.58. The summed E-state index contributed by atoms with van der Waals surface area (Å²) in [6.07, 6.45) is 0. The van der Waals surface area contributed by atoms with E-state index in [1.54, 1.807) is 6.07 Å². The number of nitrogens with one attached hydrogen (secondary N) is 1. The number of hydrogen-bond donors (Lipinski definition) is 1. The van der Waals surface area contributed by atoms with Crippen molar-refractivity contribution < 1.29 is 4.79 Å². The molecule has 7 heteroatoms. The second-order valence-electron chi connectivity index (χ2n) is 7.14. The summed E-state index contributed by atoms with van der Waals surface area (Å²) in [4.78, 5) is 12.6.